The lowest BCUT2D eigenvalue weighted by Crippen LogP contribution is -2.24. The predicted octanol–water partition coefficient (Wildman–Crippen LogP) is 2.53. The first kappa shape index (κ1) is 14.1. The third-order valence-electron chi connectivity index (χ3n) is 2.71. The quantitative estimate of drug-likeness (QED) is 0.613. The van der Waals surface area contributed by atoms with Crippen molar-refractivity contribution in [3.8, 4) is 11.9 Å². The number of hydrogen-bond donors (Lipinski definition) is 0. The van der Waals surface area contributed by atoms with Crippen LogP contribution in [0.25, 0.3) is 0 Å². The molecule has 0 spiro atoms. The van der Waals surface area contributed by atoms with Crippen molar-refractivity contribution in [2.75, 3.05) is 19.8 Å². The number of ether oxygens (including phenoxy) is 3. The number of pyridine rings is 1. The van der Waals surface area contributed by atoms with Crippen LogP contribution < -0.4 is 4.74 Å². The fourth-order valence-electron chi connectivity index (χ4n) is 1.77. The molecule has 6 heteroatoms. The number of nitrogens with zero attached hydrogens (tertiary/aromatic N) is 2. The third-order valence-corrected chi connectivity index (χ3v) is 2.92. The van der Waals surface area contributed by atoms with Gasteiger partial charge in [0.15, 0.2) is 6.29 Å². The molecule has 1 aliphatic heterocycles. The molecule has 0 radical (unpaired) electrons. The molecule has 102 valence electrons. The van der Waals surface area contributed by atoms with Gasteiger partial charge in [0.25, 0.3) is 0 Å². The van der Waals surface area contributed by atoms with E-state index < -0.39 is 0 Å². The molecule has 1 aromatic heterocycles. The number of hydrogen-bond acceptors (Lipinski definition) is 5. The molecular formula is C13H15ClN2O3. The average molecular weight is 283 g/mol. The van der Waals surface area contributed by atoms with Crippen molar-refractivity contribution >= 4 is 11.6 Å². The zero-order valence-electron chi connectivity index (χ0n) is 10.5. The molecule has 1 aromatic rings. The van der Waals surface area contributed by atoms with Gasteiger partial charge >= 0.3 is 0 Å². The van der Waals surface area contributed by atoms with Gasteiger partial charge in [-0.25, -0.2) is 4.98 Å². The Hall–Kier alpha value is -1.35. The van der Waals surface area contributed by atoms with E-state index in [0.29, 0.717) is 23.9 Å². The van der Waals surface area contributed by atoms with Crippen LogP contribution in [0.15, 0.2) is 12.1 Å². The van der Waals surface area contributed by atoms with Gasteiger partial charge in [-0.05, 0) is 31.4 Å². The minimum atomic E-state index is -0.139. The summed E-state index contributed by atoms with van der Waals surface area (Å²) in [5.41, 5.74) is 0.360. The highest BCUT2D eigenvalue weighted by atomic mass is 35.5. The van der Waals surface area contributed by atoms with Gasteiger partial charge < -0.3 is 14.2 Å². The summed E-state index contributed by atoms with van der Waals surface area (Å²) in [4.78, 5) is 3.96. The lowest BCUT2D eigenvalue weighted by atomic mass is 10.2. The summed E-state index contributed by atoms with van der Waals surface area (Å²) in [6, 6.07) is 5.14. The van der Waals surface area contributed by atoms with Crippen molar-refractivity contribution in [2.45, 2.75) is 25.6 Å². The largest absolute Gasteiger partial charge is 0.474 e. The van der Waals surface area contributed by atoms with Crippen LogP contribution in [-0.4, -0.2) is 31.1 Å². The van der Waals surface area contributed by atoms with Crippen LogP contribution in [0.2, 0.25) is 5.15 Å². The molecular weight excluding hydrogens is 268 g/mol. The first-order chi connectivity index (χ1) is 9.29. The molecule has 1 aliphatic rings. The minimum Gasteiger partial charge on any atom is -0.474 e. The lowest BCUT2D eigenvalue weighted by Gasteiger charge is -2.22. The molecule has 1 fully saturated rings. The summed E-state index contributed by atoms with van der Waals surface area (Å²) in [5.74, 6) is 0.239. The minimum absolute atomic E-state index is 0.139. The molecule has 0 aromatic carbocycles. The summed E-state index contributed by atoms with van der Waals surface area (Å²) in [5, 5.41) is 9.20. The monoisotopic (exact) mass is 282 g/mol. The van der Waals surface area contributed by atoms with Gasteiger partial charge in [-0.1, -0.05) is 11.6 Å². The Morgan fingerprint density at radius 2 is 2.32 bits per heavy atom. The second-order valence-corrected chi connectivity index (χ2v) is 4.50. The standard InChI is InChI=1S/C13H15ClN2O3/c14-11-5-4-10(9-15)13(16-11)19-8-7-18-12-3-1-2-6-17-12/h4-5,12H,1-3,6-8H2. The van der Waals surface area contributed by atoms with Gasteiger partial charge in [0, 0.05) is 6.61 Å². The molecule has 1 unspecified atom stereocenters. The molecule has 5 nitrogen and oxygen atoms in total. The van der Waals surface area contributed by atoms with Crippen LogP contribution in [0, 0.1) is 11.3 Å². The van der Waals surface area contributed by atoms with Crippen LogP contribution in [0.5, 0.6) is 5.88 Å². The normalized spacial score (nSPS) is 18.8. The van der Waals surface area contributed by atoms with Crippen LogP contribution in [0.4, 0.5) is 0 Å². The van der Waals surface area contributed by atoms with Crippen molar-refractivity contribution in [3.05, 3.63) is 22.8 Å². The maximum atomic E-state index is 8.91. The molecule has 0 amide bonds. The topological polar surface area (TPSA) is 64.4 Å². The van der Waals surface area contributed by atoms with Crippen molar-refractivity contribution in [1.82, 2.24) is 4.98 Å². The third kappa shape index (κ3) is 4.35. The maximum absolute atomic E-state index is 8.91. The van der Waals surface area contributed by atoms with E-state index in [1.165, 1.54) is 0 Å². The predicted molar refractivity (Wildman–Crippen MR) is 69.0 cm³/mol. The number of rotatable bonds is 5. The highest BCUT2D eigenvalue weighted by Crippen LogP contribution is 2.18. The first-order valence-corrected chi connectivity index (χ1v) is 6.60. The fourth-order valence-corrected chi connectivity index (χ4v) is 1.91. The van der Waals surface area contributed by atoms with E-state index in [4.69, 9.17) is 31.1 Å². The second-order valence-electron chi connectivity index (χ2n) is 4.11. The average Bonchev–Trinajstić information content (AvgIpc) is 2.45. The van der Waals surface area contributed by atoms with E-state index in [-0.39, 0.29) is 12.2 Å². The first-order valence-electron chi connectivity index (χ1n) is 6.22. The molecule has 0 aliphatic carbocycles. The van der Waals surface area contributed by atoms with Gasteiger partial charge in [-0.15, -0.1) is 0 Å². The Morgan fingerprint density at radius 3 is 3.05 bits per heavy atom. The molecule has 0 N–H and O–H groups in total. The van der Waals surface area contributed by atoms with Crippen LogP contribution >= 0.6 is 11.6 Å². The van der Waals surface area contributed by atoms with E-state index in [9.17, 15) is 0 Å². The fraction of sp³-hybridized carbons (Fsp3) is 0.538. The molecule has 0 saturated carbocycles. The molecule has 2 heterocycles. The van der Waals surface area contributed by atoms with Gasteiger partial charge in [0.2, 0.25) is 5.88 Å². The van der Waals surface area contributed by atoms with Crippen LogP contribution in [-0.2, 0) is 9.47 Å². The van der Waals surface area contributed by atoms with Gasteiger partial charge in [-0.2, -0.15) is 5.26 Å². The Bertz CT molecular complexity index is 456. The second kappa shape index (κ2) is 7.29. The Morgan fingerprint density at radius 1 is 1.42 bits per heavy atom. The van der Waals surface area contributed by atoms with E-state index in [1.54, 1.807) is 12.1 Å². The van der Waals surface area contributed by atoms with E-state index >= 15 is 0 Å². The van der Waals surface area contributed by atoms with Crippen LogP contribution in [0.1, 0.15) is 24.8 Å². The lowest BCUT2D eigenvalue weighted by molar-refractivity contribution is -0.165. The summed E-state index contributed by atoms with van der Waals surface area (Å²) in [7, 11) is 0. The van der Waals surface area contributed by atoms with Gasteiger partial charge in [-0.3, -0.25) is 0 Å². The Labute approximate surface area is 117 Å². The van der Waals surface area contributed by atoms with Gasteiger partial charge in [0.1, 0.15) is 23.4 Å². The smallest absolute Gasteiger partial charge is 0.233 e. The summed E-state index contributed by atoms with van der Waals surface area (Å²) in [6.07, 6.45) is 2.99. The molecule has 0 bridgehead atoms. The Balaban J connectivity index is 1.76. The summed E-state index contributed by atoms with van der Waals surface area (Å²) >= 11 is 5.76. The van der Waals surface area contributed by atoms with E-state index in [1.807, 2.05) is 6.07 Å². The van der Waals surface area contributed by atoms with E-state index in [0.717, 1.165) is 25.9 Å². The van der Waals surface area contributed by atoms with Crippen molar-refractivity contribution in [2.24, 2.45) is 0 Å². The summed E-state index contributed by atoms with van der Waals surface area (Å²) in [6.45, 7) is 1.45. The maximum Gasteiger partial charge on any atom is 0.233 e. The van der Waals surface area contributed by atoms with Crippen molar-refractivity contribution < 1.29 is 14.2 Å². The number of aromatic nitrogens is 1. The van der Waals surface area contributed by atoms with Crippen molar-refractivity contribution in [1.29, 1.82) is 5.26 Å². The van der Waals surface area contributed by atoms with Crippen molar-refractivity contribution in [3.63, 3.8) is 0 Å². The number of halogens is 1. The molecule has 2 rings (SSSR count). The highest BCUT2D eigenvalue weighted by Gasteiger charge is 2.14. The molecule has 1 saturated heterocycles. The zero-order chi connectivity index (χ0) is 13.5. The number of nitriles is 1. The van der Waals surface area contributed by atoms with E-state index in [2.05, 4.69) is 4.98 Å². The molecule has 1 atom stereocenters. The highest BCUT2D eigenvalue weighted by molar-refractivity contribution is 6.29. The summed E-state index contributed by atoms with van der Waals surface area (Å²) < 4.78 is 16.3. The van der Waals surface area contributed by atoms with Crippen LogP contribution in [0.3, 0.4) is 0 Å². The zero-order valence-corrected chi connectivity index (χ0v) is 11.2. The Kier molecular flexibility index (Phi) is 5.40. The molecule has 19 heavy (non-hydrogen) atoms. The van der Waals surface area contributed by atoms with Gasteiger partial charge in [0.05, 0.1) is 6.61 Å². The SMILES string of the molecule is N#Cc1ccc(Cl)nc1OCCOC1CCCCO1.